The molecule has 0 atom stereocenters. The van der Waals surface area contributed by atoms with Crippen molar-refractivity contribution in [1.29, 1.82) is 0 Å². The molecule has 7 nitrogen and oxygen atoms in total. The van der Waals surface area contributed by atoms with Gasteiger partial charge in [0, 0.05) is 17.8 Å². The minimum atomic E-state index is -0.126. The van der Waals surface area contributed by atoms with Gasteiger partial charge in [0.15, 0.2) is 0 Å². The van der Waals surface area contributed by atoms with Crippen molar-refractivity contribution in [2.75, 3.05) is 0 Å². The summed E-state index contributed by atoms with van der Waals surface area (Å²) >= 11 is 0. The van der Waals surface area contributed by atoms with Crippen LogP contribution in [0.25, 0.3) is 17.0 Å². The van der Waals surface area contributed by atoms with Crippen molar-refractivity contribution < 1.29 is 0 Å². The zero-order valence-corrected chi connectivity index (χ0v) is 13.9. The molecule has 0 radical (unpaired) electrons. The molecule has 7 heteroatoms. The number of hydrogen-bond donors (Lipinski definition) is 0. The molecule has 0 aliphatic carbocycles. The predicted molar refractivity (Wildman–Crippen MR) is 93.3 cm³/mol. The lowest BCUT2D eigenvalue weighted by molar-refractivity contribution is 0.564. The number of tetrazole rings is 1. The first-order valence-corrected chi connectivity index (χ1v) is 7.92. The average Bonchev–Trinajstić information content (AvgIpc) is 3.03. The highest BCUT2D eigenvalue weighted by atomic mass is 16.1. The van der Waals surface area contributed by atoms with Crippen molar-refractivity contribution >= 4 is 5.65 Å². The molecule has 3 heterocycles. The summed E-state index contributed by atoms with van der Waals surface area (Å²) < 4.78 is 1.52. The van der Waals surface area contributed by atoms with E-state index in [1.165, 1.54) is 20.8 Å². The molecular formula is C18H16N6O. The van der Waals surface area contributed by atoms with Crippen molar-refractivity contribution in [3.05, 3.63) is 75.8 Å². The van der Waals surface area contributed by atoms with E-state index in [-0.39, 0.29) is 5.56 Å². The van der Waals surface area contributed by atoms with E-state index >= 15 is 0 Å². The van der Waals surface area contributed by atoms with E-state index in [4.69, 9.17) is 0 Å². The average molecular weight is 332 g/mol. The number of fused-ring (bicyclic) bond motifs is 1. The molecule has 0 fully saturated rings. The molecule has 124 valence electrons. The van der Waals surface area contributed by atoms with E-state index in [9.17, 15) is 4.79 Å². The normalized spacial score (nSPS) is 11.1. The summed E-state index contributed by atoms with van der Waals surface area (Å²) in [5.41, 5.74) is 4.21. The van der Waals surface area contributed by atoms with Crippen molar-refractivity contribution in [2.24, 2.45) is 0 Å². The Labute approximate surface area is 143 Å². The van der Waals surface area contributed by atoms with Gasteiger partial charge < -0.3 is 0 Å². The van der Waals surface area contributed by atoms with Crippen LogP contribution in [0.5, 0.6) is 0 Å². The largest absolute Gasteiger partial charge is 0.269 e. The van der Waals surface area contributed by atoms with Crippen LogP contribution in [0.4, 0.5) is 0 Å². The van der Waals surface area contributed by atoms with Gasteiger partial charge >= 0.3 is 0 Å². The van der Waals surface area contributed by atoms with E-state index < -0.39 is 0 Å². The Kier molecular flexibility index (Phi) is 3.61. The molecule has 0 unspecified atom stereocenters. The van der Waals surface area contributed by atoms with Crippen LogP contribution in [0, 0.1) is 13.8 Å². The van der Waals surface area contributed by atoms with Crippen LogP contribution in [0.1, 0.15) is 16.8 Å². The molecule has 0 saturated carbocycles. The summed E-state index contributed by atoms with van der Waals surface area (Å²) in [4.78, 5) is 18.2. The topological polar surface area (TPSA) is 78.0 Å². The van der Waals surface area contributed by atoms with Gasteiger partial charge in [-0.2, -0.15) is 4.80 Å². The Hall–Kier alpha value is -3.35. The fourth-order valence-electron chi connectivity index (χ4n) is 2.61. The molecule has 4 rings (SSSR count). The summed E-state index contributed by atoms with van der Waals surface area (Å²) in [6.45, 7) is 4.28. The fourth-order valence-corrected chi connectivity index (χ4v) is 2.61. The van der Waals surface area contributed by atoms with Crippen LogP contribution in [0.15, 0.2) is 53.5 Å². The summed E-state index contributed by atoms with van der Waals surface area (Å²) in [5.74, 6) is 0.549. The third-order valence-corrected chi connectivity index (χ3v) is 3.94. The Morgan fingerprint density at radius 2 is 1.80 bits per heavy atom. The Bertz CT molecular complexity index is 1110. The van der Waals surface area contributed by atoms with Crippen molar-refractivity contribution in [2.45, 2.75) is 20.4 Å². The van der Waals surface area contributed by atoms with Gasteiger partial charge in [0.25, 0.3) is 5.56 Å². The number of rotatable bonds is 3. The second-order valence-electron chi connectivity index (χ2n) is 6.03. The number of pyridine rings is 1. The maximum Gasteiger partial charge on any atom is 0.258 e. The molecule has 3 aromatic heterocycles. The first kappa shape index (κ1) is 15.2. The summed E-state index contributed by atoms with van der Waals surface area (Å²) in [5, 5.41) is 12.5. The number of aryl methyl sites for hydroxylation is 2. The van der Waals surface area contributed by atoms with Crippen LogP contribution in [-0.2, 0) is 6.54 Å². The Balaban J connectivity index is 1.65. The number of benzene rings is 1. The van der Waals surface area contributed by atoms with Gasteiger partial charge in [0.05, 0.1) is 5.69 Å². The summed E-state index contributed by atoms with van der Waals surface area (Å²) in [7, 11) is 0. The van der Waals surface area contributed by atoms with E-state index in [2.05, 4.69) is 20.4 Å². The molecule has 25 heavy (non-hydrogen) atoms. The first-order valence-electron chi connectivity index (χ1n) is 7.92. The van der Waals surface area contributed by atoms with Gasteiger partial charge in [-0.3, -0.25) is 9.20 Å². The van der Waals surface area contributed by atoms with Gasteiger partial charge in [-0.25, -0.2) is 4.98 Å². The van der Waals surface area contributed by atoms with Crippen LogP contribution in [0.2, 0.25) is 0 Å². The minimum absolute atomic E-state index is 0.126. The third-order valence-electron chi connectivity index (χ3n) is 3.94. The standard InChI is InChI=1S/C18H16N6O/c1-12-3-5-14(6-4-12)18-20-22-24(21-18)11-15-10-17(25)23-8-7-13(2)9-16(23)19-15/h3-10H,11H2,1-2H3. The summed E-state index contributed by atoms with van der Waals surface area (Å²) in [6.07, 6.45) is 1.73. The van der Waals surface area contributed by atoms with E-state index in [1.54, 1.807) is 6.20 Å². The fraction of sp³-hybridized carbons (Fsp3) is 0.167. The molecule has 0 N–H and O–H groups in total. The molecule has 4 aromatic rings. The maximum absolute atomic E-state index is 12.2. The lowest BCUT2D eigenvalue weighted by Crippen LogP contribution is -2.17. The second kappa shape index (κ2) is 5.94. The van der Waals surface area contributed by atoms with Crippen molar-refractivity contribution in [3.63, 3.8) is 0 Å². The van der Waals surface area contributed by atoms with Crippen LogP contribution >= 0.6 is 0 Å². The van der Waals surface area contributed by atoms with Gasteiger partial charge in [-0.15, -0.1) is 10.2 Å². The minimum Gasteiger partial charge on any atom is -0.269 e. The highest BCUT2D eigenvalue weighted by Crippen LogP contribution is 2.14. The lowest BCUT2D eigenvalue weighted by Gasteiger charge is -2.04. The van der Waals surface area contributed by atoms with Crippen molar-refractivity contribution in [1.82, 2.24) is 29.6 Å². The van der Waals surface area contributed by atoms with Gasteiger partial charge in [0.1, 0.15) is 12.2 Å². The monoisotopic (exact) mass is 332 g/mol. The lowest BCUT2D eigenvalue weighted by atomic mass is 10.1. The number of nitrogens with zero attached hydrogens (tertiary/aromatic N) is 6. The molecule has 0 saturated heterocycles. The van der Waals surface area contributed by atoms with Crippen LogP contribution < -0.4 is 5.56 Å². The first-order chi connectivity index (χ1) is 12.1. The summed E-state index contributed by atoms with van der Waals surface area (Å²) in [6, 6.07) is 13.2. The zero-order valence-electron chi connectivity index (χ0n) is 13.9. The van der Waals surface area contributed by atoms with Crippen molar-refractivity contribution in [3.8, 4) is 11.4 Å². The molecule has 1 aromatic carbocycles. The molecule has 0 bridgehead atoms. The Morgan fingerprint density at radius 3 is 2.60 bits per heavy atom. The number of aromatic nitrogens is 6. The number of hydrogen-bond acceptors (Lipinski definition) is 5. The van der Waals surface area contributed by atoms with Gasteiger partial charge in [-0.1, -0.05) is 29.8 Å². The highest BCUT2D eigenvalue weighted by molar-refractivity contribution is 5.54. The maximum atomic E-state index is 12.2. The van der Waals surface area contributed by atoms with E-state index in [0.29, 0.717) is 23.7 Å². The third kappa shape index (κ3) is 3.03. The SMILES string of the molecule is Cc1ccc(-c2nnn(Cc3cc(=O)n4ccc(C)cc4n3)n2)cc1. The smallest absolute Gasteiger partial charge is 0.258 e. The molecule has 0 aliphatic heterocycles. The quantitative estimate of drug-likeness (QED) is 0.573. The van der Waals surface area contributed by atoms with E-state index in [1.807, 2.05) is 50.2 Å². The van der Waals surface area contributed by atoms with Crippen LogP contribution in [0.3, 0.4) is 0 Å². The zero-order chi connectivity index (χ0) is 17.4. The van der Waals surface area contributed by atoms with Crippen LogP contribution in [-0.4, -0.2) is 29.6 Å². The molecule has 0 amide bonds. The molecular weight excluding hydrogens is 316 g/mol. The molecule has 0 aliphatic rings. The highest BCUT2D eigenvalue weighted by Gasteiger charge is 2.08. The Morgan fingerprint density at radius 1 is 1.00 bits per heavy atom. The van der Waals surface area contributed by atoms with Gasteiger partial charge in [0.2, 0.25) is 5.82 Å². The molecule has 0 spiro atoms. The predicted octanol–water partition coefficient (Wildman–Crippen LogP) is 2.01. The second-order valence-corrected chi connectivity index (χ2v) is 6.03. The van der Waals surface area contributed by atoms with E-state index in [0.717, 1.165) is 11.1 Å². The van der Waals surface area contributed by atoms with Gasteiger partial charge in [-0.05, 0) is 36.8 Å².